The van der Waals surface area contributed by atoms with E-state index in [1.807, 2.05) is 0 Å². The van der Waals surface area contributed by atoms with Crippen LogP contribution in [0.2, 0.25) is 15.2 Å². The van der Waals surface area contributed by atoms with Gasteiger partial charge in [-0.3, -0.25) is 4.79 Å². The molecule has 1 amide bonds. The average molecular weight is 346 g/mol. The van der Waals surface area contributed by atoms with Gasteiger partial charge in [0, 0.05) is 11.6 Å². The van der Waals surface area contributed by atoms with E-state index in [0.717, 1.165) is 18.6 Å². The molecule has 3 N–H and O–H groups in total. The summed E-state index contributed by atoms with van der Waals surface area (Å²) in [4.78, 5) is 15.9. The fraction of sp³-hybridized carbons (Fsp3) is 0.308. The molecule has 2 atom stereocenters. The molecule has 21 heavy (non-hydrogen) atoms. The van der Waals surface area contributed by atoms with Gasteiger partial charge in [-0.15, -0.1) is 0 Å². The summed E-state index contributed by atoms with van der Waals surface area (Å²) in [7, 11) is 0. The van der Waals surface area contributed by atoms with Crippen LogP contribution >= 0.6 is 34.8 Å². The minimum Gasteiger partial charge on any atom is -0.396 e. The lowest BCUT2D eigenvalue weighted by Crippen LogP contribution is -2.35. The Morgan fingerprint density at radius 3 is 2.86 bits per heavy atom. The number of carbonyl (C=O) groups excluding carboxylic acids is 1. The summed E-state index contributed by atoms with van der Waals surface area (Å²) in [5.41, 5.74) is 9.03. The number of anilines is 1. The maximum absolute atomic E-state index is 12.1. The lowest BCUT2D eigenvalue weighted by Gasteiger charge is -2.31. The van der Waals surface area contributed by atoms with Gasteiger partial charge in [0.05, 0.1) is 10.7 Å². The second-order valence-electron chi connectivity index (χ2n) is 4.98. The van der Waals surface area contributed by atoms with Crippen LogP contribution in [0, 0.1) is 11.8 Å². The highest BCUT2D eigenvalue weighted by Crippen LogP contribution is 2.40. The van der Waals surface area contributed by atoms with Crippen LogP contribution in [0.1, 0.15) is 23.3 Å². The molecule has 1 saturated carbocycles. The van der Waals surface area contributed by atoms with Gasteiger partial charge in [0.15, 0.2) is 10.8 Å². The number of hydrogen-bond acceptors (Lipinski definition) is 4. The van der Waals surface area contributed by atoms with Crippen LogP contribution in [0.5, 0.6) is 0 Å². The zero-order valence-corrected chi connectivity index (χ0v) is 13.0. The van der Waals surface area contributed by atoms with E-state index in [4.69, 9.17) is 40.5 Å². The molecule has 0 bridgehead atoms. The molecule has 110 valence electrons. The Balaban J connectivity index is 1.76. The zero-order valence-electron chi connectivity index (χ0n) is 10.7. The Kier molecular flexibility index (Phi) is 3.82. The molecular formula is C13H11Cl3N4O. The van der Waals surface area contributed by atoms with Crippen LogP contribution in [0.25, 0.3) is 0 Å². The molecule has 0 saturated heterocycles. The van der Waals surface area contributed by atoms with E-state index in [9.17, 15) is 4.79 Å². The number of nitrogens with zero attached hydrogens (tertiary/aromatic N) is 2. The number of nitrogens with one attached hydrogen (secondary N) is 1. The molecule has 5 nitrogen and oxygen atoms in total. The first kappa shape index (κ1) is 14.6. The topological polar surface area (TPSA) is 80.4 Å². The van der Waals surface area contributed by atoms with Gasteiger partial charge in [-0.25, -0.2) is 10.4 Å². The first-order chi connectivity index (χ1) is 9.99. The van der Waals surface area contributed by atoms with Crippen molar-refractivity contribution in [1.29, 1.82) is 0 Å². The average Bonchev–Trinajstić information content (AvgIpc) is 2.82. The van der Waals surface area contributed by atoms with Crippen molar-refractivity contribution in [3.05, 3.63) is 33.0 Å². The molecule has 0 unspecified atom stereocenters. The number of nitrogen functional groups attached to an aromatic ring is 1. The van der Waals surface area contributed by atoms with Crippen LogP contribution in [0.15, 0.2) is 17.3 Å². The van der Waals surface area contributed by atoms with Crippen LogP contribution < -0.4 is 11.2 Å². The third kappa shape index (κ3) is 2.50. The first-order valence-corrected chi connectivity index (χ1v) is 7.46. The molecule has 2 aliphatic rings. The second kappa shape index (κ2) is 5.48. The smallest absolute Gasteiger partial charge is 0.291 e. The second-order valence-corrected chi connectivity index (χ2v) is 6.09. The van der Waals surface area contributed by atoms with Gasteiger partial charge in [-0.2, -0.15) is 5.10 Å². The van der Waals surface area contributed by atoms with Crippen LogP contribution in [-0.2, 0) is 0 Å². The third-order valence-corrected chi connectivity index (χ3v) is 4.89. The molecule has 8 heteroatoms. The van der Waals surface area contributed by atoms with Gasteiger partial charge in [0.1, 0.15) is 5.02 Å². The normalized spacial score (nSPS) is 24.8. The Labute approximate surface area is 136 Å². The van der Waals surface area contributed by atoms with E-state index in [-0.39, 0.29) is 26.6 Å². The highest BCUT2D eigenvalue weighted by molar-refractivity contribution is 6.46. The number of carbonyl (C=O) groups is 1. The fourth-order valence-corrected chi connectivity index (χ4v) is 3.11. The quantitative estimate of drug-likeness (QED) is 0.490. The molecule has 3 rings (SSSR count). The van der Waals surface area contributed by atoms with Crippen molar-refractivity contribution in [3.63, 3.8) is 0 Å². The number of nitrogens with two attached hydrogens (primary N) is 1. The number of hydrogen-bond donors (Lipinski definition) is 2. The molecule has 0 spiro atoms. The van der Waals surface area contributed by atoms with Gasteiger partial charge in [-0.05, 0) is 18.8 Å². The summed E-state index contributed by atoms with van der Waals surface area (Å²) >= 11 is 17.6. The Hall–Kier alpha value is -1.30. The maximum Gasteiger partial charge on any atom is 0.291 e. The van der Waals surface area contributed by atoms with Gasteiger partial charge >= 0.3 is 0 Å². The lowest BCUT2D eigenvalue weighted by molar-refractivity contribution is 0.0949. The van der Waals surface area contributed by atoms with Crippen molar-refractivity contribution >= 4 is 52.1 Å². The number of aromatic nitrogens is 1. The number of pyridine rings is 1. The van der Waals surface area contributed by atoms with Crippen molar-refractivity contribution < 1.29 is 4.79 Å². The van der Waals surface area contributed by atoms with E-state index in [1.165, 1.54) is 0 Å². The minimum atomic E-state index is -0.563. The lowest BCUT2D eigenvalue weighted by atomic mass is 9.74. The zero-order chi connectivity index (χ0) is 15.1. The number of halogens is 3. The number of allylic oxidation sites excluding steroid dienone is 2. The highest BCUT2D eigenvalue weighted by atomic mass is 35.5. The monoisotopic (exact) mass is 344 g/mol. The summed E-state index contributed by atoms with van der Waals surface area (Å²) in [5.74, 6) is 0.405. The van der Waals surface area contributed by atoms with E-state index in [0.29, 0.717) is 11.8 Å². The van der Waals surface area contributed by atoms with Gasteiger partial charge in [0.25, 0.3) is 5.91 Å². The van der Waals surface area contributed by atoms with Crippen molar-refractivity contribution in [1.82, 2.24) is 10.4 Å². The third-order valence-electron chi connectivity index (χ3n) is 3.75. The number of rotatable bonds is 2. The molecule has 2 aliphatic carbocycles. The van der Waals surface area contributed by atoms with E-state index in [1.54, 1.807) is 0 Å². The van der Waals surface area contributed by atoms with E-state index in [2.05, 4.69) is 27.7 Å². The van der Waals surface area contributed by atoms with Gasteiger partial charge < -0.3 is 5.73 Å². The number of hydrazone groups is 1. The Bertz CT molecular complexity index is 686. The largest absolute Gasteiger partial charge is 0.396 e. The summed E-state index contributed by atoms with van der Waals surface area (Å²) in [6.45, 7) is 0. The van der Waals surface area contributed by atoms with Crippen molar-refractivity contribution in [3.8, 4) is 0 Å². The molecule has 1 heterocycles. The minimum absolute atomic E-state index is 0.0276. The van der Waals surface area contributed by atoms with Crippen molar-refractivity contribution in [2.45, 2.75) is 12.8 Å². The summed E-state index contributed by atoms with van der Waals surface area (Å²) in [6, 6.07) is 0. The van der Waals surface area contributed by atoms with Crippen LogP contribution in [0.4, 0.5) is 5.69 Å². The first-order valence-electron chi connectivity index (χ1n) is 6.32. The fourth-order valence-electron chi connectivity index (χ4n) is 2.52. The standard InChI is InChI=1S/C13H11Cl3N4O/c14-8-10(17)9(15)12(16)18-11(8)13(21)20-19-7-4-5-2-1-3-6(5)7/h1-2,5-6H,3-4H2,(H2,17,18)(H,20,21)/b19-7+/t5-,6+/m1/s1. The SMILES string of the molecule is Nc1c(Cl)c(Cl)nc(C(=O)N/N=C2\C[C@H]3C=CC[C@H]23)c1Cl. The molecule has 0 radical (unpaired) electrons. The van der Waals surface area contributed by atoms with Crippen LogP contribution in [-0.4, -0.2) is 16.6 Å². The molecule has 0 aliphatic heterocycles. The summed E-state index contributed by atoms with van der Waals surface area (Å²) in [5, 5.41) is 4.06. The summed E-state index contributed by atoms with van der Waals surface area (Å²) in [6.07, 6.45) is 6.16. The summed E-state index contributed by atoms with van der Waals surface area (Å²) < 4.78 is 0. The maximum atomic E-state index is 12.1. The van der Waals surface area contributed by atoms with Gasteiger partial charge in [0.2, 0.25) is 0 Å². The molecular weight excluding hydrogens is 335 g/mol. The van der Waals surface area contributed by atoms with Crippen molar-refractivity contribution in [2.24, 2.45) is 16.9 Å². The van der Waals surface area contributed by atoms with Crippen LogP contribution in [0.3, 0.4) is 0 Å². The molecule has 1 aromatic rings. The van der Waals surface area contributed by atoms with E-state index < -0.39 is 5.91 Å². The number of fused-ring (bicyclic) bond motifs is 1. The highest BCUT2D eigenvalue weighted by Gasteiger charge is 2.38. The molecule has 1 aromatic heterocycles. The van der Waals surface area contributed by atoms with Crippen molar-refractivity contribution in [2.75, 3.05) is 5.73 Å². The van der Waals surface area contributed by atoms with E-state index >= 15 is 0 Å². The predicted octanol–water partition coefficient (Wildman–Crippen LogP) is 3.31. The molecule has 0 aromatic carbocycles. The Morgan fingerprint density at radius 1 is 1.38 bits per heavy atom. The van der Waals surface area contributed by atoms with Gasteiger partial charge in [-0.1, -0.05) is 47.0 Å². The molecule has 1 fully saturated rings. The number of amides is 1. The predicted molar refractivity (Wildman–Crippen MR) is 83.9 cm³/mol. The Morgan fingerprint density at radius 2 is 2.14 bits per heavy atom.